The van der Waals surface area contributed by atoms with Gasteiger partial charge in [0.25, 0.3) is 5.91 Å². The standard InChI is InChI=1S/C27H34N8O2/c1-18(2)29-26(36)17-37-22-8-6-7-19(14-22)27-31-24(15-25(32-27)35(5)12-11-34(3)4)30-21-9-10-23-20(13-21)16-28-33-23/h6-10,13-16,18H,11-12,17H2,1-5H3,(H,28,33)(H,29,36)(H,30,31,32). The van der Waals surface area contributed by atoms with Crippen LogP contribution in [0, 0.1) is 0 Å². The molecular weight excluding hydrogens is 468 g/mol. The number of amides is 1. The summed E-state index contributed by atoms with van der Waals surface area (Å²) in [5.41, 5.74) is 2.66. The van der Waals surface area contributed by atoms with Gasteiger partial charge >= 0.3 is 0 Å². The number of rotatable bonds is 11. The molecule has 4 rings (SSSR count). The van der Waals surface area contributed by atoms with Gasteiger partial charge in [0.2, 0.25) is 0 Å². The number of anilines is 3. The second-order valence-electron chi connectivity index (χ2n) is 9.50. The summed E-state index contributed by atoms with van der Waals surface area (Å²) in [6, 6.07) is 15.5. The molecule has 2 heterocycles. The van der Waals surface area contributed by atoms with Crippen LogP contribution in [-0.2, 0) is 4.79 Å². The molecule has 2 aromatic carbocycles. The fourth-order valence-electron chi connectivity index (χ4n) is 3.69. The van der Waals surface area contributed by atoms with Gasteiger partial charge in [-0.15, -0.1) is 0 Å². The van der Waals surface area contributed by atoms with Gasteiger partial charge in [0, 0.05) is 48.9 Å². The molecule has 0 aliphatic rings. The van der Waals surface area contributed by atoms with Gasteiger partial charge in [-0.05, 0) is 58.3 Å². The van der Waals surface area contributed by atoms with Crippen molar-refractivity contribution in [2.24, 2.45) is 0 Å². The van der Waals surface area contributed by atoms with E-state index in [1.54, 1.807) is 6.20 Å². The molecule has 0 saturated heterocycles. The van der Waals surface area contributed by atoms with Crippen molar-refractivity contribution in [2.75, 3.05) is 51.1 Å². The van der Waals surface area contributed by atoms with Gasteiger partial charge in [-0.2, -0.15) is 5.10 Å². The zero-order valence-electron chi connectivity index (χ0n) is 21.9. The van der Waals surface area contributed by atoms with Crippen molar-refractivity contribution in [3.05, 3.63) is 54.7 Å². The van der Waals surface area contributed by atoms with Crippen molar-refractivity contribution in [3.8, 4) is 17.1 Å². The molecule has 0 spiro atoms. The van der Waals surface area contributed by atoms with Crippen molar-refractivity contribution >= 4 is 34.1 Å². The fourth-order valence-corrected chi connectivity index (χ4v) is 3.69. The third kappa shape index (κ3) is 7.17. The fraction of sp³-hybridized carbons (Fsp3) is 0.333. The number of H-pyrrole nitrogens is 1. The molecule has 37 heavy (non-hydrogen) atoms. The maximum Gasteiger partial charge on any atom is 0.258 e. The Kier molecular flexibility index (Phi) is 8.19. The predicted molar refractivity (Wildman–Crippen MR) is 147 cm³/mol. The highest BCUT2D eigenvalue weighted by atomic mass is 16.5. The largest absolute Gasteiger partial charge is 0.484 e. The van der Waals surface area contributed by atoms with Crippen LogP contribution in [0.3, 0.4) is 0 Å². The molecule has 0 radical (unpaired) electrons. The Morgan fingerprint density at radius 3 is 2.68 bits per heavy atom. The summed E-state index contributed by atoms with van der Waals surface area (Å²) in [5.74, 6) is 2.43. The molecule has 0 fully saturated rings. The van der Waals surface area contributed by atoms with E-state index in [0.29, 0.717) is 17.4 Å². The van der Waals surface area contributed by atoms with Crippen molar-refractivity contribution in [1.29, 1.82) is 0 Å². The van der Waals surface area contributed by atoms with Crippen LogP contribution >= 0.6 is 0 Å². The van der Waals surface area contributed by atoms with Crippen molar-refractivity contribution in [3.63, 3.8) is 0 Å². The third-order valence-electron chi connectivity index (χ3n) is 5.61. The highest BCUT2D eigenvalue weighted by Gasteiger charge is 2.13. The number of hydrogen-bond donors (Lipinski definition) is 3. The molecule has 1 amide bonds. The first-order valence-electron chi connectivity index (χ1n) is 12.2. The van der Waals surface area contributed by atoms with Crippen LogP contribution in [0.5, 0.6) is 5.75 Å². The van der Waals surface area contributed by atoms with Crippen molar-refractivity contribution in [1.82, 2.24) is 30.4 Å². The first-order valence-corrected chi connectivity index (χ1v) is 12.2. The van der Waals surface area contributed by atoms with Crippen LogP contribution in [-0.4, -0.2) is 77.9 Å². The molecule has 0 unspecified atom stereocenters. The van der Waals surface area contributed by atoms with Crippen LogP contribution in [0.15, 0.2) is 54.7 Å². The monoisotopic (exact) mass is 502 g/mol. The third-order valence-corrected chi connectivity index (χ3v) is 5.61. The van der Waals surface area contributed by atoms with Crippen molar-refractivity contribution in [2.45, 2.75) is 19.9 Å². The number of aromatic amines is 1. The quantitative estimate of drug-likeness (QED) is 0.285. The summed E-state index contributed by atoms with van der Waals surface area (Å²) in [6.45, 7) is 5.46. The molecular formula is C27H34N8O2. The van der Waals surface area contributed by atoms with E-state index < -0.39 is 0 Å². The number of aromatic nitrogens is 4. The molecule has 2 aromatic heterocycles. The average molecular weight is 503 g/mol. The Bertz CT molecular complexity index is 1350. The maximum atomic E-state index is 12.0. The first kappa shape index (κ1) is 25.9. The summed E-state index contributed by atoms with van der Waals surface area (Å²) >= 11 is 0. The van der Waals surface area contributed by atoms with Crippen LogP contribution < -0.4 is 20.3 Å². The Morgan fingerprint density at radius 1 is 1.05 bits per heavy atom. The second-order valence-corrected chi connectivity index (χ2v) is 9.50. The van der Waals surface area contributed by atoms with Crippen LogP contribution in [0.25, 0.3) is 22.3 Å². The summed E-state index contributed by atoms with van der Waals surface area (Å²) in [6.07, 6.45) is 1.79. The Hall–Kier alpha value is -4.18. The van der Waals surface area contributed by atoms with Gasteiger partial charge in [0.15, 0.2) is 12.4 Å². The number of carbonyl (C=O) groups excluding carboxylic acids is 1. The van der Waals surface area contributed by atoms with Crippen molar-refractivity contribution < 1.29 is 9.53 Å². The molecule has 10 nitrogen and oxygen atoms in total. The van der Waals surface area contributed by atoms with Crippen LogP contribution in [0.4, 0.5) is 17.3 Å². The number of nitrogens with one attached hydrogen (secondary N) is 3. The summed E-state index contributed by atoms with van der Waals surface area (Å²) in [7, 11) is 6.11. The second kappa shape index (κ2) is 11.7. The molecule has 10 heteroatoms. The number of nitrogens with zero attached hydrogens (tertiary/aromatic N) is 5. The molecule has 0 bridgehead atoms. The number of carbonyl (C=O) groups is 1. The lowest BCUT2D eigenvalue weighted by atomic mass is 10.2. The summed E-state index contributed by atoms with van der Waals surface area (Å²) in [5, 5.41) is 14.3. The van der Waals surface area contributed by atoms with Gasteiger partial charge in [0.1, 0.15) is 17.4 Å². The summed E-state index contributed by atoms with van der Waals surface area (Å²) in [4.78, 5) is 25.9. The number of hydrogen-bond acceptors (Lipinski definition) is 8. The molecule has 3 N–H and O–H groups in total. The van der Waals surface area contributed by atoms with Gasteiger partial charge in [-0.25, -0.2) is 9.97 Å². The number of likely N-dealkylation sites (N-methyl/N-ethyl adjacent to an activating group) is 2. The highest BCUT2D eigenvalue weighted by Crippen LogP contribution is 2.27. The summed E-state index contributed by atoms with van der Waals surface area (Å²) < 4.78 is 5.72. The number of benzene rings is 2. The number of ether oxygens (including phenoxy) is 1. The van der Waals surface area contributed by atoms with Gasteiger partial charge in [-0.3, -0.25) is 9.89 Å². The topological polar surface area (TPSA) is 111 Å². The average Bonchev–Trinajstić information content (AvgIpc) is 3.33. The maximum absolute atomic E-state index is 12.0. The van der Waals surface area contributed by atoms with Gasteiger partial charge in [-0.1, -0.05) is 12.1 Å². The van der Waals surface area contributed by atoms with E-state index in [9.17, 15) is 4.79 Å². The smallest absolute Gasteiger partial charge is 0.258 e. The highest BCUT2D eigenvalue weighted by molar-refractivity contribution is 5.83. The van der Waals surface area contributed by atoms with Crippen LogP contribution in [0.2, 0.25) is 0 Å². The molecule has 194 valence electrons. The van der Waals surface area contributed by atoms with E-state index in [1.807, 2.05) is 83.5 Å². The lowest BCUT2D eigenvalue weighted by Crippen LogP contribution is -2.34. The Balaban J connectivity index is 1.62. The lowest BCUT2D eigenvalue weighted by molar-refractivity contribution is -0.123. The van der Waals surface area contributed by atoms with Gasteiger partial charge in [0.05, 0.1) is 11.7 Å². The predicted octanol–water partition coefficient (Wildman–Crippen LogP) is 3.66. The Morgan fingerprint density at radius 2 is 1.89 bits per heavy atom. The number of fused-ring (bicyclic) bond motifs is 1. The molecule has 0 aliphatic heterocycles. The van der Waals surface area contributed by atoms with Gasteiger partial charge < -0.3 is 25.2 Å². The van der Waals surface area contributed by atoms with E-state index in [-0.39, 0.29) is 18.6 Å². The van der Waals surface area contributed by atoms with Crippen LogP contribution in [0.1, 0.15) is 13.8 Å². The lowest BCUT2D eigenvalue weighted by Gasteiger charge is -2.22. The molecule has 0 atom stereocenters. The molecule has 0 saturated carbocycles. The van der Waals surface area contributed by atoms with E-state index >= 15 is 0 Å². The van der Waals surface area contributed by atoms with E-state index in [1.165, 1.54) is 0 Å². The van der Waals surface area contributed by atoms with E-state index in [4.69, 9.17) is 14.7 Å². The molecule has 0 aliphatic carbocycles. The van der Waals surface area contributed by atoms with E-state index in [2.05, 4.69) is 30.6 Å². The SMILES string of the molecule is CC(C)NC(=O)COc1cccc(-c2nc(Nc3ccc4[nH]ncc4c3)cc(N(C)CCN(C)C)n2)c1. The van der Waals surface area contributed by atoms with E-state index in [0.717, 1.165) is 41.1 Å². The minimum absolute atomic E-state index is 0.0565. The molecule has 4 aromatic rings. The zero-order valence-corrected chi connectivity index (χ0v) is 21.9. The first-order chi connectivity index (χ1) is 17.8. The normalized spacial score (nSPS) is 11.2. The minimum atomic E-state index is -0.165. The minimum Gasteiger partial charge on any atom is -0.484 e. The Labute approximate surface area is 217 Å². The zero-order chi connectivity index (χ0) is 26.4.